The van der Waals surface area contributed by atoms with Gasteiger partial charge in [-0.15, -0.1) is 0 Å². The fourth-order valence-electron chi connectivity index (χ4n) is 7.81. The molecular formula is C57H104O5. The van der Waals surface area contributed by atoms with Gasteiger partial charge in [-0.05, 0) is 77.0 Å². The number of ether oxygens (including phenoxy) is 3. The Bertz CT molecular complexity index is 1030. The molecule has 0 aromatic heterocycles. The largest absolute Gasteiger partial charge is 0.462 e. The van der Waals surface area contributed by atoms with Gasteiger partial charge in [-0.1, -0.05) is 236 Å². The standard InChI is InChI=1S/C57H104O5/c1-4-7-10-13-16-19-22-24-26-28-30-32-34-37-40-43-46-49-52-60-53-55(62-57(59)51-48-45-42-39-35-21-18-15-12-9-6-3)54-61-56(58)50-47-44-41-38-36-33-31-29-27-25-23-20-17-14-11-8-5-2/h8,11,17,20,24-27,55H,4-7,9-10,12-16,18-19,21-23,28-54H2,1-3H3/b11-8-,20-17-,26-24-,27-25-. The Morgan fingerprint density at radius 3 is 1.18 bits per heavy atom. The van der Waals surface area contributed by atoms with Gasteiger partial charge in [0.1, 0.15) is 6.61 Å². The first kappa shape index (κ1) is 59.9. The molecule has 0 aromatic carbocycles. The van der Waals surface area contributed by atoms with Gasteiger partial charge < -0.3 is 14.2 Å². The van der Waals surface area contributed by atoms with Gasteiger partial charge in [0.05, 0.1) is 6.61 Å². The van der Waals surface area contributed by atoms with Crippen molar-refractivity contribution < 1.29 is 23.8 Å². The van der Waals surface area contributed by atoms with Crippen molar-refractivity contribution in [3.63, 3.8) is 0 Å². The van der Waals surface area contributed by atoms with Crippen LogP contribution in [0.1, 0.15) is 278 Å². The monoisotopic (exact) mass is 869 g/mol. The molecule has 1 atom stereocenters. The molecule has 0 aliphatic rings. The maximum atomic E-state index is 12.8. The molecule has 5 nitrogen and oxygen atoms in total. The average molecular weight is 869 g/mol. The molecule has 62 heavy (non-hydrogen) atoms. The lowest BCUT2D eigenvalue weighted by Crippen LogP contribution is -2.30. The predicted molar refractivity (Wildman–Crippen MR) is 270 cm³/mol. The number of hydrogen-bond donors (Lipinski definition) is 0. The maximum absolute atomic E-state index is 12.8. The molecule has 0 saturated heterocycles. The van der Waals surface area contributed by atoms with Crippen LogP contribution in [-0.4, -0.2) is 37.9 Å². The van der Waals surface area contributed by atoms with Crippen LogP contribution < -0.4 is 0 Å². The van der Waals surface area contributed by atoms with E-state index in [1.54, 1.807) is 0 Å². The number of rotatable bonds is 50. The summed E-state index contributed by atoms with van der Waals surface area (Å²) in [5.41, 5.74) is 0. The second kappa shape index (κ2) is 53.2. The van der Waals surface area contributed by atoms with Crippen LogP contribution in [0.25, 0.3) is 0 Å². The van der Waals surface area contributed by atoms with Gasteiger partial charge >= 0.3 is 11.9 Å². The van der Waals surface area contributed by atoms with E-state index in [2.05, 4.69) is 69.4 Å². The summed E-state index contributed by atoms with van der Waals surface area (Å²) in [7, 11) is 0. The van der Waals surface area contributed by atoms with Crippen molar-refractivity contribution in [2.75, 3.05) is 19.8 Å². The third-order valence-corrected chi connectivity index (χ3v) is 11.8. The van der Waals surface area contributed by atoms with Crippen molar-refractivity contribution in [1.29, 1.82) is 0 Å². The molecule has 0 saturated carbocycles. The van der Waals surface area contributed by atoms with Gasteiger partial charge in [-0.3, -0.25) is 9.59 Å². The third kappa shape index (κ3) is 50.5. The van der Waals surface area contributed by atoms with E-state index in [0.29, 0.717) is 19.4 Å². The zero-order valence-corrected chi connectivity index (χ0v) is 41.6. The van der Waals surface area contributed by atoms with Crippen molar-refractivity contribution in [2.45, 2.75) is 284 Å². The summed E-state index contributed by atoms with van der Waals surface area (Å²) >= 11 is 0. The van der Waals surface area contributed by atoms with E-state index >= 15 is 0 Å². The van der Waals surface area contributed by atoms with E-state index in [-0.39, 0.29) is 25.2 Å². The summed E-state index contributed by atoms with van der Waals surface area (Å²) in [5.74, 6) is -0.399. The Kier molecular flexibility index (Phi) is 51.4. The van der Waals surface area contributed by atoms with E-state index < -0.39 is 6.10 Å². The Morgan fingerprint density at radius 1 is 0.371 bits per heavy atom. The second-order valence-electron chi connectivity index (χ2n) is 18.1. The minimum atomic E-state index is -0.538. The van der Waals surface area contributed by atoms with E-state index in [4.69, 9.17) is 14.2 Å². The molecular weight excluding hydrogens is 765 g/mol. The molecule has 1 unspecified atom stereocenters. The van der Waals surface area contributed by atoms with Crippen LogP contribution in [-0.2, 0) is 23.8 Å². The summed E-state index contributed by atoms with van der Waals surface area (Å²) in [4.78, 5) is 25.4. The van der Waals surface area contributed by atoms with E-state index in [0.717, 1.165) is 70.6 Å². The normalized spacial score (nSPS) is 12.5. The quantitative estimate of drug-likeness (QED) is 0.0346. The van der Waals surface area contributed by atoms with Crippen LogP contribution in [0.3, 0.4) is 0 Å². The zero-order chi connectivity index (χ0) is 44.9. The molecule has 0 amide bonds. The van der Waals surface area contributed by atoms with Crippen molar-refractivity contribution in [2.24, 2.45) is 0 Å². The first-order valence-electron chi connectivity index (χ1n) is 27.2. The average Bonchev–Trinajstić information content (AvgIpc) is 3.27. The van der Waals surface area contributed by atoms with Gasteiger partial charge in [0, 0.05) is 19.4 Å². The molecule has 0 aliphatic heterocycles. The Hall–Kier alpha value is -2.14. The van der Waals surface area contributed by atoms with Crippen LogP contribution in [0.15, 0.2) is 48.6 Å². The van der Waals surface area contributed by atoms with Crippen LogP contribution in [0.4, 0.5) is 0 Å². The maximum Gasteiger partial charge on any atom is 0.306 e. The topological polar surface area (TPSA) is 61.8 Å². The predicted octanol–water partition coefficient (Wildman–Crippen LogP) is 18.3. The van der Waals surface area contributed by atoms with Gasteiger partial charge in [-0.2, -0.15) is 0 Å². The third-order valence-electron chi connectivity index (χ3n) is 11.8. The highest BCUT2D eigenvalue weighted by molar-refractivity contribution is 5.70. The van der Waals surface area contributed by atoms with Crippen LogP contribution >= 0.6 is 0 Å². The molecule has 0 N–H and O–H groups in total. The molecule has 5 heteroatoms. The van der Waals surface area contributed by atoms with Crippen LogP contribution in [0.2, 0.25) is 0 Å². The summed E-state index contributed by atoms with van der Waals surface area (Å²) < 4.78 is 17.4. The fraction of sp³-hybridized carbons (Fsp3) is 0.825. The lowest BCUT2D eigenvalue weighted by atomic mass is 10.1. The van der Waals surface area contributed by atoms with Crippen molar-refractivity contribution in [3.8, 4) is 0 Å². The number of esters is 2. The fourth-order valence-corrected chi connectivity index (χ4v) is 7.81. The first-order valence-corrected chi connectivity index (χ1v) is 27.2. The SMILES string of the molecule is CC/C=C\C/C=C\C/C=C\CCCCCCCCCC(=O)OCC(COCCCCCCCCCC/C=C\CCCCCCCC)OC(=O)CCCCCCCCCCCCC. The van der Waals surface area contributed by atoms with E-state index in [9.17, 15) is 9.59 Å². The minimum Gasteiger partial charge on any atom is -0.462 e. The number of carbonyl (C=O) groups is 2. The van der Waals surface area contributed by atoms with Crippen LogP contribution in [0.5, 0.6) is 0 Å². The zero-order valence-electron chi connectivity index (χ0n) is 41.6. The van der Waals surface area contributed by atoms with Gasteiger partial charge in [0.15, 0.2) is 6.10 Å². The Balaban J connectivity index is 4.21. The molecule has 0 radical (unpaired) electrons. The summed E-state index contributed by atoms with van der Waals surface area (Å²) in [6, 6.07) is 0. The molecule has 0 bridgehead atoms. The molecule has 0 aromatic rings. The van der Waals surface area contributed by atoms with Crippen molar-refractivity contribution in [1.82, 2.24) is 0 Å². The Morgan fingerprint density at radius 2 is 0.726 bits per heavy atom. The van der Waals surface area contributed by atoms with Gasteiger partial charge in [0.25, 0.3) is 0 Å². The van der Waals surface area contributed by atoms with Crippen LogP contribution in [0, 0.1) is 0 Å². The molecule has 0 spiro atoms. The number of carbonyl (C=O) groups excluding carboxylic acids is 2. The molecule has 0 rings (SSSR count). The first-order chi connectivity index (χ1) is 30.6. The second-order valence-corrected chi connectivity index (χ2v) is 18.1. The number of unbranched alkanes of at least 4 members (excludes halogenated alkanes) is 31. The van der Waals surface area contributed by atoms with E-state index in [1.807, 2.05) is 0 Å². The van der Waals surface area contributed by atoms with Gasteiger partial charge in [-0.25, -0.2) is 0 Å². The van der Waals surface area contributed by atoms with Gasteiger partial charge in [0.2, 0.25) is 0 Å². The summed E-state index contributed by atoms with van der Waals surface area (Å²) in [6.07, 6.45) is 65.5. The number of allylic oxidation sites excluding steroid dienone is 8. The molecule has 0 heterocycles. The summed E-state index contributed by atoms with van der Waals surface area (Å²) in [5, 5.41) is 0. The van der Waals surface area contributed by atoms with E-state index in [1.165, 1.54) is 173 Å². The number of hydrogen-bond acceptors (Lipinski definition) is 5. The smallest absolute Gasteiger partial charge is 0.306 e. The van der Waals surface area contributed by atoms with Crippen molar-refractivity contribution in [3.05, 3.63) is 48.6 Å². The molecule has 362 valence electrons. The highest BCUT2D eigenvalue weighted by Gasteiger charge is 2.17. The summed E-state index contributed by atoms with van der Waals surface area (Å²) in [6.45, 7) is 7.73. The lowest BCUT2D eigenvalue weighted by Gasteiger charge is -2.18. The molecule has 0 fully saturated rings. The Labute approximate surface area is 386 Å². The van der Waals surface area contributed by atoms with Crippen molar-refractivity contribution >= 4 is 11.9 Å². The highest BCUT2D eigenvalue weighted by atomic mass is 16.6. The lowest BCUT2D eigenvalue weighted by molar-refractivity contribution is -0.163. The highest BCUT2D eigenvalue weighted by Crippen LogP contribution is 2.15. The minimum absolute atomic E-state index is 0.0821. The molecule has 0 aliphatic carbocycles.